The molecule has 1 aromatic carbocycles. The molecule has 1 aromatic heterocycles. The van der Waals surface area contributed by atoms with Gasteiger partial charge in [-0.3, -0.25) is 0 Å². The van der Waals surface area contributed by atoms with Crippen molar-refractivity contribution in [2.75, 3.05) is 0 Å². The molecule has 1 atom stereocenters. The monoisotopic (exact) mass is 286 g/mol. The Hall–Kier alpha value is -2.10. The van der Waals surface area contributed by atoms with Crippen molar-refractivity contribution >= 4 is 6.09 Å². The number of hydrogen-bond donors (Lipinski definition) is 0. The molecule has 0 aliphatic carbocycles. The van der Waals surface area contributed by atoms with Crippen molar-refractivity contribution in [3.63, 3.8) is 0 Å². The highest BCUT2D eigenvalue weighted by molar-refractivity contribution is 5.70. The van der Waals surface area contributed by atoms with Gasteiger partial charge in [-0.15, -0.1) is 0 Å². The van der Waals surface area contributed by atoms with E-state index in [9.17, 15) is 4.79 Å². The Morgan fingerprint density at radius 3 is 2.62 bits per heavy atom. The van der Waals surface area contributed by atoms with Gasteiger partial charge in [0.2, 0.25) is 0 Å². The molecule has 0 radical (unpaired) electrons. The molecule has 0 saturated heterocycles. The molecule has 0 bridgehead atoms. The molecule has 0 spiro atoms. The number of rotatable bonds is 3. The lowest BCUT2D eigenvalue weighted by molar-refractivity contribution is 0.117. The molecule has 0 aliphatic rings. The Balaban J connectivity index is 2.25. The molecule has 4 nitrogen and oxygen atoms in total. The number of carbonyl (C=O) groups excluding carboxylic acids is 1. The molecule has 0 amide bonds. The van der Waals surface area contributed by atoms with Crippen LogP contribution in [0.3, 0.4) is 0 Å². The maximum Gasteiger partial charge on any atom is 0.419 e. The third-order valence-corrected chi connectivity index (χ3v) is 3.71. The van der Waals surface area contributed by atoms with Gasteiger partial charge in [-0.05, 0) is 44.4 Å². The number of aromatic nitrogens is 2. The molecule has 0 aliphatic heterocycles. The Labute approximate surface area is 125 Å². The SMILES string of the molecule is Cc1cccc([C@H](C)c2cn(C(=O)OC(C)C)cn2)c1C. The molecule has 112 valence electrons. The molecule has 2 aromatic rings. The lowest BCUT2D eigenvalue weighted by atomic mass is 9.92. The van der Waals surface area contributed by atoms with Crippen LogP contribution in [0.2, 0.25) is 0 Å². The fourth-order valence-corrected chi connectivity index (χ4v) is 2.33. The second kappa shape index (κ2) is 6.12. The molecule has 0 unspecified atom stereocenters. The molecule has 21 heavy (non-hydrogen) atoms. The van der Waals surface area contributed by atoms with Gasteiger partial charge < -0.3 is 4.74 Å². The number of carbonyl (C=O) groups is 1. The average Bonchev–Trinajstić information content (AvgIpc) is 2.90. The van der Waals surface area contributed by atoms with E-state index in [0.29, 0.717) is 0 Å². The highest BCUT2D eigenvalue weighted by Crippen LogP contribution is 2.27. The van der Waals surface area contributed by atoms with E-state index in [1.807, 2.05) is 13.8 Å². The first kappa shape index (κ1) is 15.3. The Kier molecular flexibility index (Phi) is 4.46. The number of aryl methyl sites for hydroxylation is 1. The standard InChI is InChI=1S/C17H22N2O2/c1-11(2)21-17(20)19-9-16(18-10-19)14(5)15-8-6-7-12(3)13(15)4/h6-11,14H,1-5H3/t14-/m0/s1. The van der Waals surface area contributed by atoms with Crippen LogP contribution in [0.15, 0.2) is 30.7 Å². The van der Waals surface area contributed by atoms with Crippen molar-refractivity contribution in [3.8, 4) is 0 Å². The van der Waals surface area contributed by atoms with Crippen molar-refractivity contribution in [1.29, 1.82) is 0 Å². The predicted molar refractivity (Wildman–Crippen MR) is 82.7 cm³/mol. The van der Waals surface area contributed by atoms with Gasteiger partial charge in [0.15, 0.2) is 0 Å². The second-order valence-corrected chi connectivity index (χ2v) is 5.65. The summed E-state index contributed by atoms with van der Waals surface area (Å²) in [5.41, 5.74) is 4.63. The molecule has 4 heteroatoms. The molecular weight excluding hydrogens is 264 g/mol. The summed E-state index contributed by atoms with van der Waals surface area (Å²) >= 11 is 0. The summed E-state index contributed by atoms with van der Waals surface area (Å²) in [6.45, 7) is 9.97. The molecule has 0 N–H and O–H groups in total. The van der Waals surface area contributed by atoms with Gasteiger partial charge in [-0.1, -0.05) is 25.1 Å². The third-order valence-electron chi connectivity index (χ3n) is 3.71. The lowest BCUT2D eigenvalue weighted by Crippen LogP contribution is -2.16. The molecular formula is C17H22N2O2. The van der Waals surface area contributed by atoms with Crippen molar-refractivity contribution in [1.82, 2.24) is 9.55 Å². The molecule has 2 rings (SSSR count). The summed E-state index contributed by atoms with van der Waals surface area (Å²) in [6.07, 6.45) is 2.73. The van der Waals surface area contributed by atoms with E-state index >= 15 is 0 Å². The zero-order valence-electron chi connectivity index (χ0n) is 13.3. The van der Waals surface area contributed by atoms with Crippen LogP contribution in [-0.4, -0.2) is 21.7 Å². The molecule has 0 fully saturated rings. The summed E-state index contributed by atoms with van der Waals surface area (Å²) < 4.78 is 6.56. The maximum atomic E-state index is 11.8. The second-order valence-electron chi connectivity index (χ2n) is 5.65. The summed E-state index contributed by atoms with van der Waals surface area (Å²) in [5, 5.41) is 0. The zero-order valence-corrected chi connectivity index (χ0v) is 13.3. The van der Waals surface area contributed by atoms with E-state index in [4.69, 9.17) is 4.74 Å². The van der Waals surface area contributed by atoms with Crippen LogP contribution in [0.4, 0.5) is 4.79 Å². The van der Waals surface area contributed by atoms with Gasteiger partial charge >= 0.3 is 6.09 Å². The smallest absolute Gasteiger partial charge is 0.419 e. The van der Waals surface area contributed by atoms with Gasteiger partial charge in [0, 0.05) is 12.1 Å². The van der Waals surface area contributed by atoms with Gasteiger partial charge in [-0.2, -0.15) is 0 Å². The predicted octanol–water partition coefficient (Wildman–Crippen LogP) is 4.04. The summed E-state index contributed by atoms with van der Waals surface area (Å²) in [6, 6.07) is 6.26. The van der Waals surface area contributed by atoms with Crippen LogP contribution in [0, 0.1) is 13.8 Å². The Bertz CT molecular complexity index is 644. The summed E-state index contributed by atoms with van der Waals surface area (Å²) in [4.78, 5) is 16.2. The van der Waals surface area contributed by atoms with Crippen LogP contribution >= 0.6 is 0 Å². The number of hydrogen-bond acceptors (Lipinski definition) is 3. The fraction of sp³-hybridized carbons (Fsp3) is 0.412. The quantitative estimate of drug-likeness (QED) is 0.855. The minimum absolute atomic E-state index is 0.137. The van der Waals surface area contributed by atoms with Crippen LogP contribution in [-0.2, 0) is 4.74 Å². The average molecular weight is 286 g/mol. The lowest BCUT2D eigenvalue weighted by Gasteiger charge is -2.14. The third kappa shape index (κ3) is 3.32. The Morgan fingerprint density at radius 1 is 1.24 bits per heavy atom. The van der Waals surface area contributed by atoms with Gasteiger partial charge in [0.05, 0.1) is 11.8 Å². The maximum absolute atomic E-state index is 11.8. The van der Waals surface area contributed by atoms with Gasteiger partial charge in [-0.25, -0.2) is 14.3 Å². The van der Waals surface area contributed by atoms with Crippen LogP contribution in [0.5, 0.6) is 0 Å². The summed E-state index contributed by atoms with van der Waals surface area (Å²) in [7, 11) is 0. The van der Waals surface area contributed by atoms with Crippen molar-refractivity contribution in [3.05, 3.63) is 53.1 Å². The van der Waals surface area contributed by atoms with E-state index < -0.39 is 6.09 Å². The van der Waals surface area contributed by atoms with E-state index in [2.05, 4.69) is 44.0 Å². The van der Waals surface area contributed by atoms with E-state index in [1.54, 1.807) is 6.20 Å². The minimum Gasteiger partial charge on any atom is -0.446 e. The molecule has 0 saturated carbocycles. The van der Waals surface area contributed by atoms with E-state index in [0.717, 1.165) is 5.69 Å². The largest absolute Gasteiger partial charge is 0.446 e. The first-order valence-electron chi connectivity index (χ1n) is 7.21. The fourth-order valence-electron chi connectivity index (χ4n) is 2.33. The van der Waals surface area contributed by atoms with Crippen LogP contribution in [0.1, 0.15) is 49.1 Å². The molecule has 1 heterocycles. The highest BCUT2D eigenvalue weighted by Gasteiger charge is 2.17. The number of imidazole rings is 1. The topological polar surface area (TPSA) is 44.1 Å². The van der Waals surface area contributed by atoms with Gasteiger partial charge in [0.1, 0.15) is 6.33 Å². The number of nitrogens with zero attached hydrogens (tertiary/aromatic N) is 2. The van der Waals surface area contributed by atoms with Crippen molar-refractivity contribution in [2.24, 2.45) is 0 Å². The van der Waals surface area contributed by atoms with E-state index in [-0.39, 0.29) is 12.0 Å². The highest BCUT2D eigenvalue weighted by atomic mass is 16.6. The van der Waals surface area contributed by atoms with Gasteiger partial charge in [0.25, 0.3) is 0 Å². The zero-order chi connectivity index (χ0) is 15.6. The Morgan fingerprint density at radius 2 is 1.95 bits per heavy atom. The number of benzene rings is 1. The van der Waals surface area contributed by atoms with Crippen molar-refractivity contribution in [2.45, 2.75) is 46.6 Å². The first-order chi connectivity index (χ1) is 9.90. The minimum atomic E-state index is -0.392. The van der Waals surface area contributed by atoms with Crippen LogP contribution in [0.25, 0.3) is 0 Å². The first-order valence-corrected chi connectivity index (χ1v) is 7.21. The normalized spacial score (nSPS) is 12.5. The van der Waals surface area contributed by atoms with E-state index in [1.165, 1.54) is 27.6 Å². The van der Waals surface area contributed by atoms with Crippen molar-refractivity contribution < 1.29 is 9.53 Å². The summed E-state index contributed by atoms with van der Waals surface area (Å²) in [5.74, 6) is 0.137. The van der Waals surface area contributed by atoms with Crippen LogP contribution < -0.4 is 0 Å². The number of ether oxygens (including phenoxy) is 1.